The molecule has 5 nitrogen and oxygen atoms in total. The minimum Gasteiger partial charge on any atom is -0.345 e. The van der Waals surface area contributed by atoms with Gasteiger partial charge in [-0.2, -0.15) is 0 Å². The topological polar surface area (TPSA) is 61.4 Å². The number of hydrogen-bond donors (Lipinski definition) is 2. The van der Waals surface area contributed by atoms with E-state index in [2.05, 4.69) is 17.6 Å². The zero-order chi connectivity index (χ0) is 17.9. The number of benzene rings is 1. The van der Waals surface area contributed by atoms with Gasteiger partial charge in [0.25, 0.3) is 5.91 Å². The summed E-state index contributed by atoms with van der Waals surface area (Å²) >= 11 is 5.14. The van der Waals surface area contributed by atoms with E-state index in [0.29, 0.717) is 12.0 Å². The molecule has 0 radical (unpaired) electrons. The molecule has 0 aliphatic carbocycles. The highest BCUT2D eigenvalue weighted by molar-refractivity contribution is 7.80. The molecule has 0 aromatic heterocycles. The van der Waals surface area contributed by atoms with E-state index >= 15 is 0 Å². The molecule has 0 unspecified atom stereocenters. The van der Waals surface area contributed by atoms with Crippen LogP contribution in [0.2, 0.25) is 0 Å². The second-order valence-electron chi connectivity index (χ2n) is 5.94. The third kappa shape index (κ3) is 7.55. The molecule has 1 rings (SSSR count). The molecule has 0 saturated carbocycles. The van der Waals surface area contributed by atoms with Crippen LogP contribution < -0.4 is 10.6 Å². The third-order valence-electron chi connectivity index (χ3n) is 3.56. The minimum atomic E-state index is -0.0663. The number of hydrogen-bond acceptors (Lipinski definition) is 3. The monoisotopic (exact) mass is 349 g/mol. The van der Waals surface area contributed by atoms with Crippen molar-refractivity contribution < 1.29 is 9.59 Å². The van der Waals surface area contributed by atoms with Gasteiger partial charge in [0.05, 0.1) is 0 Å². The fraction of sp³-hybridized carbons (Fsp3) is 0.500. The van der Waals surface area contributed by atoms with Gasteiger partial charge in [0.15, 0.2) is 5.11 Å². The van der Waals surface area contributed by atoms with E-state index in [0.717, 1.165) is 18.5 Å². The molecule has 0 heterocycles. The van der Waals surface area contributed by atoms with Gasteiger partial charge in [-0.25, -0.2) is 0 Å². The van der Waals surface area contributed by atoms with E-state index in [9.17, 15) is 9.59 Å². The lowest BCUT2D eigenvalue weighted by molar-refractivity contribution is -0.119. The molecule has 0 fully saturated rings. The van der Waals surface area contributed by atoms with Crippen LogP contribution in [-0.4, -0.2) is 35.9 Å². The Bertz CT molecular complexity index is 556. The van der Waals surface area contributed by atoms with Gasteiger partial charge < -0.3 is 15.5 Å². The van der Waals surface area contributed by atoms with Crippen molar-refractivity contribution in [3.05, 3.63) is 29.8 Å². The fourth-order valence-corrected chi connectivity index (χ4v) is 2.43. The summed E-state index contributed by atoms with van der Waals surface area (Å²) in [5, 5.41) is 5.91. The quantitative estimate of drug-likeness (QED) is 0.556. The zero-order valence-electron chi connectivity index (χ0n) is 14.7. The number of carbonyl (C=O) groups excluding carboxylic acids is 2. The van der Waals surface area contributed by atoms with Crippen LogP contribution in [0.25, 0.3) is 0 Å². The molecule has 6 heteroatoms. The van der Waals surface area contributed by atoms with E-state index in [1.807, 2.05) is 0 Å². The molecule has 0 atom stereocenters. The molecule has 0 aliphatic rings. The van der Waals surface area contributed by atoms with E-state index in [1.54, 1.807) is 38.4 Å². The number of unbranched alkanes of at least 4 members (excludes halogenated alkanes) is 4. The van der Waals surface area contributed by atoms with Crippen LogP contribution in [0.15, 0.2) is 24.3 Å². The first-order valence-corrected chi connectivity index (χ1v) is 8.77. The molecular weight excluding hydrogens is 322 g/mol. The Morgan fingerprint density at radius 2 is 1.67 bits per heavy atom. The lowest BCUT2D eigenvalue weighted by atomic mass is 10.1. The zero-order valence-corrected chi connectivity index (χ0v) is 15.5. The van der Waals surface area contributed by atoms with Crippen LogP contribution in [0.4, 0.5) is 5.69 Å². The molecule has 0 saturated heterocycles. The van der Waals surface area contributed by atoms with Crippen molar-refractivity contribution in [3.63, 3.8) is 0 Å². The summed E-state index contributed by atoms with van der Waals surface area (Å²) in [7, 11) is 3.42. The molecule has 24 heavy (non-hydrogen) atoms. The van der Waals surface area contributed by atoms with Crippen LogP contribution in [-0.2, 0) is 4.79 Å². The number of thiocarbonyl (C=S) groups is 1. The number of nitrogens with one attached hydrogen (secondary N) is 2. The maximum atomic E-state index is 11.8. The summed E-state index contributed by atoms with van der Waals surface area (Å²) in [6.07, 6.45) is 6.03. The molecule has 1 aromatic carbocycles. The number of nitrogens with zero attached hydrogens (tertiary/aromatic N) is 1. The summed E-state index contributed by atoms with van der Waals surface area (Å²) in [4.78, 5) is 25.1. The van der Waals surface area contributed by atoms with Crippen molar-refractivity contribution in [2.45, 2.75) is 45.4 Å². The second kappa shape index (κ2) is 10.8. The predicted octanol–water partition coefficient (Wildman–Crippen LogP) is 3.56. The average Bonchev–Trinajstić information content (AvgIpc) is 2.54. The van der Waals surface area contributed by atoms with Crippen LogP contribution in [0.1, 0.15) is 55.8 Å². The van der Waals surface area contributed by atoms with Crippen molar-refractivity contribution in [1.29, 1.82) is 0 Å². The number of carbonyl (C=O) groups is 2. The van der Waals surface area contributed by atoms with Gasteiger partial charge in [-0.05, 0) is 42.9 Å². The molecule has 2 N–H and O–H groups in total. The lowest BCUT2D eigenvalue weighted by Crippen LogP contribution is -2.33. The fourth-order valence-electron chi connectivity index (χ4n) is 2.19. The Kier molecular flexibility index (Phi) is 9.01. The first kappa shape index (κ1) is 20.1. The Labute approximate surface area is 149 Å². The third-order valence-corrected chi connectivity index (χ3v) is 3.76. The summed E-state index contributed by atoms with van der Waals surface area (Å²) in [6, 6.07) is 6.98. The first-order valence-electron chi connectivity index (χ1n) is 8.36. The summed E-state index contributed by atoms with van der Waals surface area (Å²) < 4.78 is 0. The lowest BCUT2D eigenvalue weighted by Gasteiger charge is -2.12. The van der Waals surface area contributed by atoms with Crippen molar-refractivity contribution >= 4 is 34.8 Å². The highest BCUT2D eigenvalue weighted by atomic mass is 32.1. The molecule has 2 amide bonds. The summed E-state index contributed by atoms with van der Waals surface area (Å²) in [6.45, 7) is 2.17. The molecule has 132 valence electrons. The van der Waals surface area contributed by atoms with Gasteiger partial charge in [0.1, 0.15) is 0 Å². The van der Waals surface area contributed by atoms with E-state index in [1.165, 1.54) is 24.2 Å². The van der Waals surface area contributed by atoms with Crippen LogP contribution in [0.3, 0.4) is 0 Å². The second-order valence-corrected chi connectivity index (χ2v) is 6.35. The molecule has 0 spiro atoms. The Morgan fingerprint density at radius 3 is 2.25 bits per heavy atom. The number of amides is 2. The molecule has 1 aromatic rings. The SMILES string of the molecule is CCCCCCCC(=O)NC(=S)Nc1ccc(C(=O)N(C)C)cc1. The van der Waals surface area contributed by atoms with Gasteiger partial charge in [-0.3, -0.25) is 9.59 Å². The van der Waals surface area contributed by atoms with Gasteiger partial charge in [-0.1, -0.05) is 32.6 Å². The van der Waals surface area contributed by atoms with Crippen molar-refractivity contribution in [1.82, 2.24) is 10.2 Å². The number of anilines is 1. The highest BCUT2D eigenvalue weighted by Crippen LogP contribution is 2.11. The maximum absolute atomic E-state index is 11.8. The van der Waals surface area contributed by atoms with Crippen LogP contribution in [0.5, 0.6) is 0 Å². The largest absolute Gasteiger partial charge is 0.345 e. The minimum absolute atomic E-state index is 0.0551. The first-order chi connectivity index (χ1) is 11.4. The standard InChI is InChI=1S/C18H27N3O2S/c1-4-5-6-7-8-9-16(22)20-18(24)19-15-12-10-14(11-13-15)17(23)21(2)3/h10-13H,4-9H2,1-3H3,(H2,19,20,22,24). The Balaban J connectivity index is 2.36. The molecule has 0 aliphatic heterocycles. The van der Waals surface area contributed by atoms with E-state index in [4.69, 9.17) is 12.2 Å². The van der Waals surface area contributed by atoms with E-state index < -0.39 is 0 Å². The number of rotatable bonds is 8. The van der Waals surface area contributed by atoms with Gasteiger partial charge in [0.2, 0.25) is 5.91 Å². The van der Waals surface area contributed by atoms with Gasteiger partial charge in [-0.15, -0.1) is 0 Å². The van der Waals surface area contributed by atoms with Crippen LogP contribution >= 0.6 is 12.2 Å². The maximum Gasteiger partial charge on any atom is 0.253 e. The predicted molar refractivity (Wildman–Crippen MR) is 102 cm³/mol. The van der Waals surface area contributed by atoms with Crippen molar-refractivity contribution in [3.8, 4) is 0 Å². The Hall–Kier alpha value is -1.95. The smallest absolute Gasteiger partial charge is 0.253 e. The van der Waals surface area contributed by atoms with Crippen molar-refractivity contribution in [2.24, 2.45) is 0 Å². The van der Waals surface area contributed by atoms with Gasteiger partial charge >= 0.3 is 0 Å². The summed E-state index contributed by atoms with van der Waals surface area (Å²) in [5.41, 5.74) is 1.34. The normalized spacial score (nSPS) is 10.1. The highest BCUT2D eigenvalue weighted by Gasteiger charge is 2.08. The average molecular weight is 350 g/mol. The van der Waals surface area contributed by atoms with Gasteiger partial charge in [0, 0.05) is 31.8 Å². The molecular formula is C18H27N3O2S. The summed E-state index contributed by atoms with van der Waals surface area (Å²) in [5.74, 6) is -0.121. The van der Waals surface area contributed by atoms with Crippen molar-refractivity contribution in [2.75, 3.05) is 19.4 Å². The Morgan fingerprint density at radius 1 is 1.04 bits per heavy atom. The van der Waals surface area contributed by atoms with E-state index in [-0.39, 0.29) is 16.9 Å². The molecule has 0 bridgehead atoms. The van der Waals surface area contributed by atoms with Crippen LogP contribution in [0, 0.1) is 0 Å².